The summed E-state index contributed by atoms with van der Waals surface area (Å²) in [6, 6.07) is 0. The van der Waals surface area contributed by atoms with Crippen molar-refractivity contribution in [3.63, 3.8) is 0 Å². The Morgan fingerprint density at radius 3 is 2.95 bits per heavy atom. The Balaban J connectivity index is 1.77. The number of aromatic nitrogens is 3. The fourth-order valence-corrected chi connectivity index (χ4v) is 3.25. The van der Waals surface area contributed by atoms with Gasteiger partial charge in [0.15, 0.2) is 0 Å². The zero-order valence-corrected chi connectivity index (χ0v) is 12.8. The molecule has 0 radical (unpaired) electrons. The van der Waals surface area contributed by atoms with Crippen LogP contribution in [0, 0.1) is 13.8 Å². The molecule has 0 aromatic carbocycles. The summed E-state index contributed by atoms with van der Waals surface area (Å²) in [5, 5.41) is 0.912. The zero-order valence-electron chi connectivity index (χ0n) is 11.9. The molecule has 0 saturated carbocycles. The Kier molecular flexibility index (Phi) is 3.94. The SMILES string of the molecule is Cc1nc(C)c(C(=O)N2CCO[C@@H](c3cnccn3)C2)s1. The topological polar surface area (TPSA) is 68.2 Å². The van der Waals surface area contributed by atoms with Crippen LogP contribution < -0.4 is 0 Å². The molecule has 3 rings (SSSR count). The maximum Gasteiger partial charge on any atom is 0.266 e. The first kappa shape index (κ1) is 14.1. The average molecular weight is 304 g/mol. The van der Waals surface area contributed by atoms with Gasteiger partial charge >= 0.3 is 0 Å². The summed E-state index contributed by atoms with van der Waals surface area (Å²) in [4.78, 5) is 27.8. The second-order valence-electron chi connectivity index (χ2n) is 4.89. The summed E-state index contributed by atoms with van der Waals surface area (Å²) in [6.45, 7) is 5.37. The standard InChI is InChI=1S/C14H16N4O2S/c1-9-13(21-10(2)17-9)14(19)18-5-6-20-12(8-18)11-7-15-3-4-16-11/h3-4,7,12H,5-6,8H2,1-2H3/t12-/m1/s1. The summed E-state index contributed by atoms with van der Waals surface area (Å²) in [6.07, 6.45) is 4.72. The number of ether oxygens (including phenoxy) is 1. The highest BCUT2D eigenvalue weighted by atomic mass is 32.1. The molecule has 1 aliphatic heterocycles. The van der Waals surface area contributed by atoms with E-state index in [9.17, 15) is 4.79 Å². The predicted octanol–water partition coefficient (Wildman–Crippen LogP) is 1.76. The van der Waals surface area contributed by atoms with E-state index in [0.717, 1.165) is 16.4 Å². The first-order chi connectivity index (χ1) is 10.1. The van der Waals surface area contributed by atoms with E-state index in [1.54, 1.807) is 18.6 Å². The Bertz CT molecular complexity index is 644. The molecular weight excluding hydrogens is 288 g/mol. The molecule has 0 N–H and O–H groups in total. The van der Waals surface area contributed by atoms with Gasteiger partial charge in [0, 0.05) is 18.9 Å². The molecule has 1 fully saturated rings. The third kappa shape index (κ3) is 2.93. The van der Waals surface area contributed by atoms with Gasteiger partial charge in [-0.3, -0.25) is 14.8 Å². The lowest BCUT2D eigenvalue weighted by atomic mass is 10.2. The second-order valence-corrected chi connectivity index (χ2v) is 6.09. The van der Waals surface area contributed by atoms with Gasteiger partial charge in [-0.25, -0.2) is 4.98 Å². The van der Waals surface area contributed by atoms with E-state index in [2.05, 4.69) is 15.0 Å². The zero-order chi connectivity index (χ0) is 14.8. The molecule has 6 nitrogen and oxygen atoms in total. The maximum atomic E-state index is 12.6. The molecule has 1 saturated heterocycles. The molecule has 1 aliphatic rings. The number of thiazole rings is 1. The molecule has 1 atom stereocenters. The van der Waals surface area contributed by atoms with Gasteiger partial charge in [0.25, 0.3) is 5.91 Å². The lowest BCUT2D eigenvalue weighted by Crippen LogP contribution is -2.42. The van der Waals surface area contributed by atoms with Crippen LogP contribution in [0.25, 0.3) is 0 Å². The molecule has 2 aromatic heterocycles. The van der Waals surface area contributed by atoms with Gasteiger partial charge < -0.3 is 9.64 Å². The van der Waals surface area contributed by atoms with Crippen molar-refractivity contribution in [3.05, 3.63) is 39.9 Å². The normalized spacial score (nSPS) is 18.8. The summed E-state index contributed by atoms with van der Waals surface area (Å²) in [5.41, 5.74) is 1.55. The predicted molar refractivity (Wildman–Crippen MR) is 78.2 cm³/mol. The summed E-state index contributed by atoms with van der Waals surface area (Å²) < 4.78 is 5.71. The third-order valence-electron chi connectivity index (χ3n) is 3.36. The first-order valence-electron chi connectivity index (χ1n) is 6.76. The van der Waals surface area contributed by atoms with Crippen molar-refractivity contribution in [2.75, 3.05) is 19.7 Å². The van der Waals surface area contributed by atoms with Crippen LogP contribution in [0.2, 0.25) is 0 Å². The van der Waals surface area contributed by atoms with Crippen LogP contribution in [-0.2, 0) is 4.74 Å². The second kappa shape index (κ2) is 5.87. The smallest absolute Gasteiger partial charge is 0.266 e. The van der Waals surface area contributed by atoms with Crippen LogP contribution >= 0.6 is 11.3 Å². The average Bonchev–Trinajstić information content (AvgIpc) is 2.86. The van der Waals surface area contributed by atoms with E-state index in [4.69, 9.17) is 4.74 Å². The Hall–Kier alpha value is -1.86. The number of hydrogen-bond acceptors (Lipinski definition) is 6. The van der Waals surface area contributed by atoms with Crippen LogP contribution in [0.15, 0.2) is 18.6 Å². The molecule has 0 aliphatic carbocycles. The highest BCUT2D eigenvalue weighted by molar-refractivity contribution is 7.13. The highest BCUT2D eigenvalue weighted by Gasteiger charge is 2.28. The van der Waals surface area contributed by atoms with Crippen LogP contribution in [0.1, 0.15) is 32.2 Å². The molecule has 7 heteroatoms. The number of morpholine rings is 1. The molecule has 1 amide bonds. The van der Waals surface area contributed by atoms with Crippen LogP contribution in [0.5, 0.6) is 0 Å². The van der Waals surface area contributed by atoms with E-state index in [1.165, 1.54) is 11.3 Å². The van der Waals surface area contributed by atoms with Crippen molar-refractivity contribution in [2.24, 2.45) is 0 Å². The van der Waals surface area contributed by atoms with E-state index in [-0.39, 0.29) is 12.0 Å². The Labute approximate surface area is 126 Å². The molecule has 0 bridgehead atoms. The minimum atomic E-state index is -0.217. The summed E-state index contributed by atoms with van der Waals surface area (Å²) in [5.74, 6) is 0.0234. The lowest BCUT2D eigenvalue weighted by molar-refractivity contribution is -0.0247. The number of nitrogens with zero attached hydrogens (tertiary/aromatic N) is 4. The number of rotatable bonds is 2. The fraction of sp³-hybridized carbons (Fsp3) is 0.429. The Morgan fingerprint density at radius 1 is 1.43 bits per heavy atom. The van der Waals surface area contributed by atoms with Gasteiger partial charge in [-0.15, -0.1) is 11.3 Å². The van der Waals surface area contributed by atoms with Crippen molar-refractivity contribution >= 4 is 17.2 Å². The monoisotopic (exact) mass is 304 g/mol. The quantitative estimate of drug-likeness (QED) is 0.845. The van der Waals surface area contributed by atoms with Gasteiger partial charge in [-0.05, 0) is 13.8 Å². The lowest BCUT2D eigenvalue weighted by Gasteiger charge is -2.32. The molecule has 0 unspecified atom stereocenters. The minimum Gasteiger partial charge on any atom is -0.368 e. The molecule has 3 heterocycles. The molecule has 110 valence electrons. The van der Waals surface area contributed by atoms with E-state index in [0.29, 0.717) is 24.6 Å². The Morgan fingerprint density at radius 2 is 2.29 bits per heavy atom. The third-order valence-corrected chi connectivity index (χ3v) is 4.43. The molecule has 2 aromatic rings. The molecular formula is C14H16N4O2S. The first-order valence-corrected chi connectivity index (χ1v) is 7.57. The van der Waals surface area contributed by atoms with Crippen LogP contribution in [0.4, 0.5) is 0 Å². The van der Waals surface area contributed by atoms with Gasteiger partial charge in [0.2, 0.25) is 0 Å². The van der Waals surface area contributed by atoms with E-state index in [1.807, 2.05) is 18.7 Å². The number of aryl methyl sites for hydroxylation is 2. The van der Waals surface area contributed by atoms with E-state index >= 15 is 0 Å². The van der Waals surface area contributed by atoms with Crippen molar-refractivity contribution in [3.8, 4) is 0 Å². The van der Waals surface area contributed by atoms with Crippen molar-refractivity contribution in [1.29, 1.82) is 0 Å². The summed E-state index contributed by atoms with van der Waals surface area (Å²) in [7, 11) is 0. The molecule has 0 spiro atoms. The van der Waals surface area contributed by atoms with Crippen molar-refractivity contribution in [1.82, 2.24) is 19.9 Å². The van der Waals surface area contributed by atoms with Gasteiger partial charge in [0.1, 0.15) is 11.0 Å². The van der Waals surface area contributed by atoms with Gasteiger partial charge in [-0.2, -0.15) is 0 Å². The van der Waals surface area contributed by atoms with Crippen molar-refractivity contribution in [2.45, 2.75) is 20.0 Å². The van der Waals surface area contributed by atoms with Gasteiger partial charge in [-0.1, -0.05) is 0 Å². The van der Waals surface area contributed by atoms with Crippen LogP contribution in [0.3, 0.4) is 0 Å². The van der Waals surface area contributed by atoms with Crippen molar-refractivity contribution < 1.29 is 9.53 Å². The number of carbonyl (C=O) groups excluding carboxylic acids is 1. The summed E-state index contributed by atoms with van der Waals surface area (Å²) >= 11 is 1.44. The number of amides is 1. The molecule has 21 heavy (non-hydrogen) atoms. The maximum absolute atomic E-state index is 12.6. The largest absolute Gasteiger partial charge is 0.368 e. The van der Waals surface area contributed by atoms with E-state index < -0.39 is 0 Å². The minimum absolute atomic E-state index is 0.0234. The van der Waals surface area contributed by atoms with Gasteiger partial charge in [0.05, 0.1) is 35.7 Å². The fourth-order valence-electron chi connectivity index (χ4n) is 2.36. The number of hydrogen-bond donors (Lipinski definition) is 0. The highest BCUT2D eigenvalue weighted by Crippen LogP contribution is 2.24. The number of carbonyl (C=O) groups is 1. The van der Waals surface area contributed by atoms with Crippen LogP contribution in [-0.4, -0.2) is 45.5 Å².